The van der Waals surface area contributed by atoms with Crippen LogP contribution in [-0.4, -0.2) is 16.8 Å². The largest absolute Gasteiger partial charge is 0.403 e. The van der Waals surface area contributed by atoms with Crippen molar-refractivity contribution < 1.29 is 26.3 Å². The van der Waals surface area contributed by atoms with Gasteiger partial charge in [-0.2, -0.15) is 26.3 Å². The molecule has 0 aromatic rings. The molecule has 0 heterocycles. The molecule has 0 spiro atoms. The Morgan fingerprint density at radius 1 is 0.917 bits per heavy atom. The minimum atomic E-state index is -5.24. The summed E-state index contributed by atoms with van der Waals surface area (Å²) in [5, 5.41) is 0. The van der Waals surface area contributed by atoms with Crippen LogP contribution in [0.3, 0.4) is 0 Å². The summed E-state index contributed by atoms with van der Waals surface area (Å²) in [4.78, 5) is 0. The molecule has 0 fully saturated rings. The number of rotatable bonds is 1. The monoisotopic (exact) mass is 306 g/mol. The zero-order chi connectivity index (χ0) is 10.2. The molecule has 0 atom stereocenters. The molecule has 0 saturated heterocycles. The van der Waals surface area contributed by atoms with E-state index < -0.39 is 22.2 Å². The third kappa shape index (κ3) is 1.97. The standard InChI is InChI=1S/C5H5F6I/c1-3(2-12,4(6,7)8)5(9,10)11/h2H2,1H3. The Bertz CT molecular complexity index is 142. The van der Waals surface area contributed by atoms with E-state index >= 15 is 0 Å². The van der Waals surface area contributed by atoms with Crippen molar-refractivity contribution in [3.8, 4) is 0 Å². The molecular weight excluding hydrogens is 301 g/mol. The first-order chi connectivity index (χ1) is 5.06. The first kappa shape index (κ1) is 12.3. The second kappa shape index (κ2) is 3.22. The van der Waals surface area contributed by atoms with Crippen molar-refractivity contribution in [1.29, 1.82) is 0 Å². The number of hydrogen-bond donors (Lipinski definition) is 0. The zero-order valence-electron chi connectivity index (χ0n) is 5.85. The number of hydrogen-bond acceptors (Lipinski definition) is 0. The molecule has 0 nitrogen and oxygen atoms in total. The lowest BCUT2D eigenvalue weighted by molar-refractivity contribution is -0.324. The van der Waals surface area contributed by atoms with Gasteiger partial charge in [0.2, 0.25) is 0 Å². The summed E-state index contributed by atoms with van der Waals surface area (Å²) in [6.45, 7) is 0.152. The van der Waals surface area contributed by atoms with Crippen molar-refractivity contribution in [2.45, 2.75) is 19.3 Å². The van der Waals surface area contributed by atoms with Gasteiger partial charge in [0.05, 0.1) is 0 Å². The number of halogens is 7. The van der Waals surface area contributed by atoms with E-state index in [1.54, 1.807) is 0 Å². The highest BCUT2D eigenvalue weighted by Gasteiger charge is 2.66. The minimum absolute atomic E-state index is 0.152. The minimum Gasteiger partial charge on any atom is -0.170 e. The van der Waals surface area contributed by atoms with Gasteiger partial charge in [0, 0.05) is 4.43 Å². The van der Waals surface area contributed by atoms with Crippen LogP contribution in [0.15, 0.2) is 0 Å². The van der Waals surface area contributed by atoms with Crippen molar-refractivity contribution in [2.24, 2.45) is 5.41 Å². The molecule has 0 bridgehead atoms. The highest BCUT2D eigenvalue weighted by molar-refractivity contribution is 14.1. The Morgan fingerprint density at radius 2 is 1.17 bits per heavy atom. The maximum Gasteiger partial charge on any atom is 0.403 e. The molecule has 0 rings (SSSR count). The van der Waals surface area contributed by atoms with E-state index in [2.05, 4.69) is 0 Å². The fourth-order valence-electron chi connectivity index (χ4n) is 0.312. The fourth-order valence-corrected chi connectivity index (χ4v) is 1.18. The lowest BCUT2D eigenvalue weighted by atomic mass is 9.92. The van der Waals surface area contributed by atoms with Gasteiger partial charge < -0.3 is 0 Å². The first-order valence-corrected chi connectivity index (χ1v) is 4.28. The van der Waals surface area contributed by atoms with Crippen LogP contribution in [0.1, 0.15) is 6.92 Å². The van der Waals surface area contributed by atoms with Crippen LogP contribution >= 0.6 is 22.6 Å². The van der Waals surface area contributed by atoms with E-state index in [1.165, 1.54) is 0 Å². The van der Waals surface area contributed by atoms with Crippen molar-refractivity contribution in [3.05, 3.63) is 0 Å². The highest BCUT2D eigenvalue weighted by Crippen LogP contribution is 2.50. The average Bonchev–Trinajstić information content (AvgIpc) is 1.81. The molecule has 12 heavy (non-hydrogen) atoms. The van der Waals surface area contributed by atoms with Gasteiger partial charge in [0.15, 0.2) is 5.41 Å². The summed E-state index contributed by atoms with van der Waals surface area (Å²) in [5.41, 5.74) is -3.60. The predicted molar refractivity (Wildman–Crippen MR) is 39.1 cm³/mol. The summed E-state index contributed by atoms with van der Waals surface area (Å²) in [6.07, 6.45) is -10.5. The van der Waals surface area contributed by atoms with Gasteiger partial charge in [-0.3, -0.25) is 0 Å². The topological polar surface area (TPSA) is 0 Å². The van der Waals surface area contributed by atoms with Crippen LogP contribution < -0.4 is 0 Å². The Labute approximate surface area is 78.5 Å². The van der Waals surface area contributed by atoms with Crippen molar-refractivity contribution in [3.63, 3.8) is 0 Å². The fraction of sp³-hybridized carbons (Fsp3) is 1.00. The molecule has 0 aliphatic heterocycles. The molecule has 0 aliphatic carbocycles. The normalized spacial score (nSPS) is 15.0. The first-order valence-electron chi connectivity index (χ1n) is 2.75. The Balaban J connectivity index is 4.95. The van der Waals surface area contributed by atoms with Gasteiger partial charge in [-0.05, 0) is 6.92 Å². The second-order valence-corrected chi connectivity index (χ2v) is 3.22. The van der Waals surface area contributed by atoms with Gasteiger partial charge in [-0.15, -0.1) is 0 Å². The quantitative estimate of drug-likeness (QED) is 0.395. The summed E-state index contributed by atoms with van der Waals surface area (Å²) < 4.78 is 70.2. The van der Waals surface area contributed by atoms with Gasteiger partial charge >= 0.3 is 12.4 Å². The summed E-state index contributed by atoms with van der Waals surface area (Å²) in [7, 11) is 0. The Kier molecular flexibility index (Phi) is 3.31. The molecule has 0 N–H and O–H groups in total. The summed E-state index contributed by atoms with van der Waals surface area (Å²) >= 11 is 1.08. The Hall–Kier alpha value is 0.310. The van der Waals surface area contributed by atoms with Crippen LogP contribution in [0.25, 0.3) is 0 Å². The van der Waals surface area contributed by atoms with E-state index in [-0.39, 0.29) is 6.92 Å². The molecule has 0 saturated carbocycles. The van der Waals surface area contributed by atoms with E-state index in [0.29, 0.717) is 0 Å². The molecular formula is C5H5F6I. The molecule has 0 aromatic heterocycles. The summed E-state index contributed by atoms with van der Waals surface area (Å²) in [6, 6.07) is 0. The van der Waals surface area contributed by atoms with E-state index in [1.807, 2.05) is 0 Å². The second-order valence-electron chi connectivity index (χ2n) is 2.46. The molecule has 0 unspecified atom stereocenters. The van der Waals surface area contributed by atoms with E-state index in [4.69, 9.17) is 0 Å². The number of alkyl halides is 7. The van der Waals surface area contributed by atoms with Gasteiger partial charge in [-0.25, -0.2) is 0 Å². The molecule has 0 amide bonds. The van der Waals surface area contributed by atoms with Crippen LogP contribution in [0.2, 0.25) is 0 Å². The van der Waals surface area contributed by atoms with Crippen molar-refractivity contribution in [1.82, 2.24) is 0 Å². The van der Waals surface area contributed by atoms with Crippen LogP contribution in [0.4, 0.5) is 26.3 Å². The third-order valence-electron chi connectivity index (χ3n) is 1.52. The van der Waals surface area contributed by atoms with E-state index in [9.17, 15) is 26.3 Å². The van der Waals surface area contributed by atoms with Crippen molar-refractivity contribution in [2.75, 3.05) is 4.43 Å². The van der Waals surface area contributed by atoms with Crippen LogP contribution in [0, 0.1) is 5.41 Å². The average molecular weight is 306 g/mol. The molecule has 7 heteroatoms. The van der Waals surface area contributed by atoms with E-state index in [0.717, 1.165) is 22.6 Å². The van der Waals surface area contributed by atoms with Gasteiger partial charge in [-0.1, -0.05) is 22.6 Å². The maximum atomic E-state index is 11.9. The van der Waals surface area contributed by atoms with Gasteiger partial charge in [0.1, 0.15) is 0 Å². The lowest BCUT2D eigenvalue weighted by Gasteiger charge is -2.31. The molecule has 0 aliphatic rings. The lowest BCUT2D eigenvalue weighted by Crippen LogP contribution is -2.48. The smallest absolute Gasteiger partial charge is 0.170 e. The zero-order valence-corrected chi connectivity index (χ0v) is 8.01. The highest BCUT2D eigenvalue weighted by atomic mass is 127. The SMILES string of the molecule is CC(CI)(C(F)(F)F)C(F)(F)F. The predicted octanol–water partition coefficient (Wildman–Crippen LogP) is 3.55. The summed E-state index contributed by atoms with van der Waals surface area (Å²) in [5.74, 6) is 0. The van der Waals surface area contributed by atoms with Crippen LogP contribution in [0.5, 0.6) is 0 Å². The van der Waals surface area contributed by atoms with Crippen LogP contribution in [-0.2, 0) is 0 Å². The molecule has 0 radical (unpaired) electrons. The maximum absolute atomic E-state index is 11.9. The Morgan fingerprint density at radius 3 is 1.17 bits per heavy atom. The van der Waals surface area contributed by atoms with Gasteiger partial charge in [0.25, 0.3) is 0 Å². The molecule has 74 valence electrons. The molecule has 0 aromatic carbocycles. The van der Waals surface area contributed by atoms with Crippen molar-refractivity contribution >= 4 is 22.6 Å². The third-order valence-corrected chi connectivity index (χ3v) is 3.04.